The van der Waals surface area contributed by atoms with Gasteiger partial charge >= 0.3 is 0 Å². The molecule has 3 nitrogen and oxygen atoms in total. The molecule has 0 heterocycles. The number of rotatable bonds is 5. The quantitative estimate of drug-likeness (QED) is 0.616. The van der Waals surface area contributed by atoms with E-state index in [4.69, 9.17) is 4.18 Å². The van der Waals surface area contributed by atoms with Crippen LogP contribution in [0.2, 0.25) is 0 Å². The monoisotopic (exact) mass is 226 g/mol. The van der Waals surface area contributed by atoms with Gasteiger partial charge in [0.05, 0.1) is 0 Å². The van der Waals surface area contributed by atoms with Crippen LogP contribution in [0.15, 0.2) is 18.2 Å². The van der Waals surface area contributed by atoms with Gasteiger partial charge in [-0.2, -0.15) is 0 Å². The maximum absolute atomic E-state index is 5.52. The zero-order valence-electron chi connectivity index (χ0n) is 9.70. The van der Waals surface area contributed by atoms with Crippen LogP contribution in [0.1, 0.15) is 12.5 Å². The molecule has 0 radical (unpaired) electrons. The summed E-state index contributed by atoms with van der Waals surface area (Å²) in [6, 6.07) is 6.09. The largest absolute Gasteiger partial charge is 0.409 e. The maximum atomic E-state index is 5.52. The van der Waals surface area contributed by atoms with Crippen molar-refractivity contribution in [2.75, 3.05) is 26.5 Å². The van der Waals surface area contributed by atoms with E-state index in [9.17, 15) is 0 Å². The van der Waals surface area contributed by atoms with Crippen LogP contribution in [-0.2, 0) is 6.42 Å². The second-order valence-electron chi connectivity index (χ2n) is 3.39. The topological polar surface area (TPSA) is 24.5 Å². The van der Waals surface area contributed by atoms with Crippen molar-refractivity contribution in [2.24, 2.45) is 0 Å². The van der Waals surface area contributed by atoms with Crippen molar-refractivity contribution in [1.29, 1.82) is 0 Å². The number of benzene rings is 1. The van der Waals surface area contributed by atoms with E-state index in [0.29, 0.717) is 0 Å². The molecular formula is C11H18N2OS. The zero-order chi connectivity index (χ0) is 11.3. The van der Waals surface area contributed by atoms with Crippen LogP contribution in [-0.4, -0.2) is 25.4 Å². The molecule has 0 aliphatic rings. The number of anilines is 1. The first-order chi connectivity index (χ1) is 7.17. The summed E-state index contributed by atoms with van der Waals surface area (Å²) in [7, 11) is 5.84. The highest BCUT2D eigenvalue weighted by Gasteiger charge is 2.02. The van der Waals surface area contributed by atoms with Gasteiger partial charge in [0.25, 0.3) is 0 Å². The van der Waals surface area contributed by atoms with Crippen molar-refractivity contribution in [3.05, 3.63) is 23.8 Å². The SMILES string of the molecule is CCc1cc(OSN(C)C)ccc1NC. The average molecular weight is 226 g/mol. The molecule has 0 bridgehead atoms. The molecule has 0 aliphatic carbocycles. The molecule has 0 aliphatic heterocycles. The molecule has 0 saturated carbocycles. The number of hydrogen-bond acceptors (Lipinski definition) is 4. The lowest BCUT2D eigenvalue weighted by Crippen LogP contribution is -2.02. The van der Waals surface area contributed by atoms with Gasteiger partial charge in [0, 0.05) is 26.8 Å². The third-order valence-corrected chi connectivity index (χ3v) is 2.57. The molecule has 0 fully saturated rings. The molecule has 0 aromatic heterocycles. The fourth-order valence-corrected chi connectivity index (χ4v) is 1.61. The Hall–Kier alpha value is -0.870. The van der Waals surface area contributed by atoms with Gasteiger partial charge in [-0.05, 0) is 30.2 Å². The number of aryl methyl sites for hydroxylation is 1. The molecule has 1 N–H and O–H groups in total. The van der Waals surface area contributed by atoms with Crippen molar-refractivity contribution in [1.82, 2.24) is 4.31 Å². The van der Waals surface area contributed by atoms with Crippen molar-refractivity contribution >= 4 is 17.9 Å². The zero-order valence-corrected chi connectivity index (χ0v) is 10.5. The molecule has 0 amide bonds. The molecule has 15 heavy (non-hydrogen) atoms. The van der Waals surface area contributed by atoms with E-state index in [2.05, 4.69) is 18.3 Å². The van der Waals surface area contributed by atoms with Crippen molar-refractivity contribution in [3.8, 4) is 5.75 Å². The number of nitrogens with zero attached hydrogens (tertiary/aromatic N) is 1. The Balaban J connectivity index is 2.74. The Morgan fingerprint density at radius 3 is 2.67 bits per heavy atom. The van der Waals surface area contributed by atoms with E-state index in [1.807, 2.05) is 37.6 Å². The first kappa shape index (κ1) is 12.2. The normalized spacial score (nSPS) is 10.5. The van der Waals surface area contributed by atoms with Gasteiger partial charge < -0.3 is 9.50 Å². The average Bonchev–Trinajstić information content (AvgIpc) is 2.25. The summed E-state index contributed by atoms with van der Waals surface area (Å²) in [6.45, 7) is 2.14. The third kappa shape index (κ3) is 3.64. The Labute approximate surface area is 96.1 Å². The summed E-state index contributed by atoms with van der Waals surface area (Å²) in [5.41, 5.74) is 2.44. The van der Waals surface area contributed by atoms with Crippen molar-refractivity contribution in [3.63, 3.8) is 0 Å². The predicted octanol–water partition coefficient (Wildman–Crippen LogP) is 2.79. The molecular weight excluding hydrogens is 208 g/mol. The molecule has 0 atom stereocenters. The highest BCUT2D eigenvalue weighted by Crippen LogP contribution is 2.24. The Kier molecular flexibility index (Phi) is 4.78. The summed E-state index contributed by atoms with van der Waals surface area (Å²) in [5.74, 6) is 0.893. The molecule has 0 saturated heterocycles. The lowest BCUT2D eigenvalue weighted by molar-refractivity contribution is 0.575. The maximum Gasteiger partial charge on any atom is 0.146 e. The summed E-state index contributed by atoms with van der Waals surface area (Å²) >= 11 is 1.33. The minimum atomic E-state index is 0.893. The minimum Gasteiger partial charge on any atom is -0.409 e. The highest BCUT2D eigenvalue weighted by molar-refractivity contribution is 7.92. The molecule has 1 rings (SSSR count). The van der Waals surface area contributed by atoms with Crippen LogP contribution in [0.3, 0.4) is 0 Å². The summed E-state index contributed by atoms with van der Waals surface area (Å²) in [4.78, 5) is 0. The number of hydrogen-bond donors (Lipinski definition) is 1. The highest BCUT2D eigenvalue weighted by atomic mass is 32.2. The smallest absolute Gasteiger partial charge is 0.146 e. The van der Waals surface area contributed by atoms with Gasteiger partial charge in [-0.15, -0.1) is 0 Å². The van der Waals surface area contributed by atoms with Crippen LogP contribution in [0.5, 0.6) is 5.75 Å². The lowest BCUT2D eigenvalue weighted by atomic mass is 10.1. The van der Waals surface area contributed by atoms with E-state index in [1.165, 1.54) is 23.5 Å². The second-order valence-corrected chi connectivity index (χ2v) is 4.44. The van der Waals surface area contributed by atoms with Gasteiger partial charge in [0.15, 0.2) is 0 Å². The van der Waals surface area contributed by atoms with E-state index < -0.39 is 0 Å². The first-order valence-corrected chi connectivity index (χ1v) is 5.69. The van der Waals surface area contributed by atoms with E-state index >= 15 is 0 Å². The van der Waals surface area contributed by atoms with Crippen LogP contribution >= 0.6 is 12.2 Å². The summed E-state index contributed by atoms with van der Waals surface area (Å²) in [5, 5.41) is 3.17. The van der Waals surface area contributed by atoms with Crippen LogP contribution in [0.25, 0.3) is 0 Å². The summed E-state index contributed by atoms with van der Waals surface area (Å²) < 4.78 is 7.44. The summed E-state index contributed by atoms with van der Waals surface area (Å²) in [6.07, 6.45) is 1.00. The fraction of sp³-hybridized carbons (Fsp3) is 0.455. The molecule has 84 valence electrons. The number of nitrogens with one attached hydrogen (secondary N) is 1. The van der Waals surface area contributed by atoms with E-state index in [0.717, 1.165) is 12.2 Å². The Bertz CT molecular complexity index is 315. The van der Waals surface area contributed by atoms with E-state index in [1.54, 1.807) is 0 Å². The predicted molar refractivity (Wildman–Crippen MR) is 67.3 cm³/mol. The van der Waals surface area contributed by atoms with Gasteiger partial charge in [0.1, 0.15) is 18.0 Å². The molecule has 1 aromatic rings. The fourth-order valence-electron chi connectivity index (χ4n) is 1.28. The van der Waals surface area contributed by atoms with Crippen LogP contribution < -0.4 is 9.50 Å². The van der Waals surface area contributed by atoms with Crippen molar-refractivity contribution < 1.29 is 4.18 Å². The lowest BCUT2D eigenvalue weighted by Gasteiger charge is -2.12. The Morgan fingerprint density at radius 1 is 1.40 bits per heavy atom. The Morgan fingerprint density at radius 2 is 2.13 bits per heavy atom. The van der Waals surface area contributed by atoms with Crippen molar-refractivity contribution in [2.45, 2.75) is 13.3 Å². The van der Waals surface area contributed by atoms with Gasteiger partial charge in [0.2, 0.25) is 0 Å². The van der Waals surface area contributed by atoms with Gasteiger partial charge in [-0.3, -0.25) is 0 Å². The molecule has 0 unspecified atom stereocenters. The molecule has 4 heteroatoms. The molecule has 1 aromatic carbocycles. The van der Waals surface area contributed by atoms with E-state index in [-0.39, 0.29) is 0 Å². The third-order valence-electron chi connectivity index (χ3n) is 2.01. The second kappa shape index (κ2) is 5.88. The van der Waals surface area contributed by atoms with Crippen LogP contribution in [0, 0.1) is 0 Å². The van der Waals surface area contributed by atoms with Crippen LogP contribution in [0.4, 0.5) is 5.69 Å². The van der Waals surface area contributed by atoms with Gasteiger partial charge in [-0.1, -0.05) is 6.92 Å². The molecule has 0 spiro atoms. The van der Waals surface area contributed by atoms with Gasteiger partial charge in [-0.25, -0.2) is 4.31 Å². The first-order valence-electron chi connectivity index (χ1n) is 5.00. The minimum absolute atomic E-state index is 0.893. The standard InChI is InChI=1S/C11H18N2OS/c1-5-9-8-10(14-15-13(3)4)6-7-11(9)12-2/h6-8,12H,5H2,1-4H3.